The summed E-state index contributed by atoms with van der Waals surface area (Å²) < 4.78 is 10.9. The van der Waals surface area contributed by atoms with E-state index in [1.165, 1.54) is 12.8 Å². The quantitative estimate of drug-likeness (QED) is 0.796. The molecule has 0 atom stereocenters. The van der Waals surface area contributed by atoms with Gasteiger partial charge in [-0.25, -0.2) is 0 Å². The molecule has 1 aromatic heterocycles. The van der Waals surface area contributed by atoms with Crippen LogP contribution < -0.4 is 9.64 Å². The number of amides is 1. The molecule has 2 heterocycles. The molecule has 1 aromatic carbocycles. The van der Waals surface area contributed by atoms with Crippen molar-refractivity contribution in [3.8, 4) is 5.75 Å². The zero-order valence-corrected chi connectivity index (χ0v) is 15.9. The number of aromatic nitrogens is 2. The molecule has 2 aromatic rings. The molecule has 144 valence electrons. The minimum Gasteiger partial charge on any atom is -0.496 e. The summed E-state index contributed by atoms with van der Waals surface area (Å²) in [6, 6.07) is 5.94. The van der Waals surface area contributed by atoms with Gasteiger partial charge in [-0.1, -0.05) is 24.1 Å². The van der Waals surface area contributed by atoms with Gasteiger partial charge in [0, 0.05) is 30.9 Å². The van der Waals surface area contributed by atoms with E-state index in [0.717, 1.165) is 61.5 Å². The Morgan fingerprint density at radius 3 is 2.93 bits per heavy atom. The number of fused-ring (bicyclic) bond motifs is 1. The first kappa shape index (κ1) is 18.0. The number of hydrogen-bond acceptors (Lipinski definition) is 5. The van der Waals surface area contributed by atoms with Crippen molar-refractivity contribution in [3.63, 3.8) is 0 Å². The van der Waals surface area contributed by atoms with Crippen LogP contribution in [0, 0.1) is 0 Å². The number of aryl methyl sites for hydroxylation is 1. The zero-order valence-electron chi connectivity index (χ0n) is 15.9. The van der Waals surface area contributed by atoms with Crippen molar-refractivity contribution in [1.29, 1.82) is 0 Å². The molecule has 0 N–H and O–H groups in total. The lowest BCUT2D eigenvalue weighted by atomic mass is 10.1. The van der Waals surface area contributed by atoms with Crippen LogP contribution >= 0.6 is 0 Å². The fourth-order valence-corrected chi connectivity index (χ4v) is 4.27. The number of ether oxygens (including phenoxy) is 1. The van der Waals surface area contributed by atoms with E-state index in [1.54, 1.807) is 7.11 Å². The van der Waals surface area contributed by atoms with Gasteiger partial charge in [-0.2, -0.15) is 4.98 Å². The minimum absolute atomic E-state index is 0.104. The van der Waals surface area contributed by atoms with Crippen molar-refractivity contribution < 1.29 is 14.1 Å². The highest BCUT2D eigenvalue weighted by Crippen LogP contribution is 2.34. The largest absolute Gasteiger partial charge is 0.496 e. The second-order valence-corrected chi connectivity index (χ2v) is 7.49. The zero-order chi connectivity index (χ0) is 18.6. The van der Waals surface area contributed by atoms with E-state index in [0.29, 0.717) is 24.7 Å². The number of nitrogens with zero attached hydrogens (tertiary/aromatic N) is 3. The van der Waals surface area contributed by atoms with Crippen LogP contribution in [-0.2, 0) is 17.6 Å². The lowest BCUT2D eigenvalue weighted by Crippen LogP contribution is -2.32. The SMILES string of the molecule is COc1cccc2c1CCCCN2C(=O)CCc1nc(C2CCCC2)no1. The van der Waals surface area contributed by atoms with Gasteiger partial charge in [0.25, 0.3) is 0 Å². The smallest absolute Gasteiger partial charge is 0.227 e. The van der Waals surface area contributed by atoms with Crippen molar-refractivity contribution in [1.82, 2.24) is 10.1 Å². The van der Waals surface area contributed by atoms with Crippen LogP contribution in [0.4, 0.5) is 5.69 Å². The minimum atomic E-state index is 0.104. The predicted octanol–water partition coefficient (Wildman–Crippen LogP) is 4.04. The van der Waals surface area contributed by atoms with Crippen LogP contribution in [0.1, 0.15) is 68.1 Å². The summed E-state index contributed by atoms with van der Waals surface area (Å²) in [7, 11) is 1.68. The summed E-state index contributed by atoms with van der Waals surface area (Å²) in [6.45, 7) is 0.746. The van der Waals surface area contributed by atoms with E-state index in [-0.39, 0.29) is 5.91 Å². The van der Waals surface area contributed by atoms with Crippen LogP contribution in [0.5, 0.6) is 5.75 Å². The van der Waals surface area contributed by atoms with Gasteiger partial charge in [0.1, 0.15) is 5.75 Å². The van der Waals surface area contributed by atoms with Gasteiger partial charge < -0.3 is 14.2 Å². The van der Waals surface area contributed by atoms with E-state index >= 15 is 0 Å². The van der Waals surface area contributed by atoms with Crippen molar-refractivity contribution in [2.75, 3.05) is 18.6 Å². The number of hydrogen-bond donors (Lipinski definition) is 0. The lowest BCUT2D eigenvalue weighted by molar-refractivity contribution is -0.118. The van der Waals surface area contributed by atoms with Gasteiger partial charge in [-0.05, 0) is 44.2 Å². The first-order valence-electron chi connectivity index (χ1n) is 10.0. The van der Waals surface area contributed by atoms with Gasteiger partial charge in [-0.15, -0.1) is 0 Å². The molecule has 0 bridgehead atoms. The highest BCUT2D eigenvalue weighted by atomic mass is 16.5. The lowest BCUT2D eigenvalue weighted by Gasteiger charge is -2.23. The van der Waals surface area contributed by atoms with Crippen LogP contribution in [0.2, 0.25) is 0 Å². The average molecular weight is 369 g/mol. The molecule has 27 heavy (non-hydrogen) atoms. The Morgan fingerprint density at radius 1 is 1.26 bits per heavy atom. The summed E-state index contributed by atoms with van der Waals surface area (Å²) in [5.74, 6) is 2.80. The highest BCUT2D eigenvalue weighted by Gasteiger charge is 2.25. The van der Waals surface area contributed by atoms with Crippen LogP contribution in [0.25, 0.3) is 0 Å². The molecule has 1 aliphatic carbocycles. The topological polar surface area (TPSA) is 68.5 Å². The van der Waals surface area contributed by atoms with Crippen LogP contribution in [-0.4, -0.2) is 29.7 Å². The molecule has 1 amide bonds. The maximum Gasteiger partial charge on any atom is 0.227 e. The molecular weight excluding hydrogens is 342 g/mol. The Balaban J connectivity index is 1.44. The maximum atomic E-state index is 12.9. The van der Waals surface area contributed by atoms with E-state index < -0.39 is 0 Å². The summed E-state index contributed by atoms with van der Waals surface area (Å²) in [4.78, 5) is 19.4. The first-order valence-corrected chi connectivity index (χ1v) is 10.0. The van der Waals surface area contributed by atoms with Crippen LogP contribution in [0.3, 0.4) is 0 Å². The summed E-state index contributed by atoms with van der Waals surface area (Å²) in [5.41, 5.74) is 2.11. The van der Waals surface area contributed by atoms with Gasteiger partial charge in [-0.3, -0.25) is 4.79 Å². The van der Waals surface area contributed by atoms with Gasteiger partial charge in [0.15, 0.2) is 5.82 Å². The molecule has 1 saturated carbocycles. The Kier molecular flexibility index (Phi) is 5.41. The number of methoxy groups -OCH3 is 1. The fraction of sp³-hybridized carbons (Fsp3) is 0.571. The van der Waals surface area contributed by atoms with Gasteiger partial charge >= 0.3 is 0 Å². The second-order valence-electron chi connectivity index (χ2n) is 7.49. The number of carbonyl (C=O) groups is 1. The maximum absolute atomic E-state index is 12.9. The Bertz CT molecular complexity index is 796. The number of rotatable bonds is 5. The molecule has 2 aliphatic rings. The molecule has 4 rings (SSSR count). The third kappa shape index (κ3) is 3.84. The molecular formula is C21H27N3O3. The second kappa shape index (κ2) is 8.11. The third-order valence-electron chi connectivity index (χ3n) is 5.74. The monoisotopic (exact) mass is 369 g/mol. The molecule has 0 spiro atoms. The molecule has 1 aliphatic heterocycles. The molecule has 0 unspecified atom stereocenters. The van der Waals surface area contributed by atoms with Crippen molar-refractivity contribution in [2.45, 2.75) is 63.7 Å². The van der Waals surface area contributed by atoms with E-state index in [1.807, 2.05) is 23.1 Å². The standard InChI is InChI=1S/C21H27N3O3/c1-26-18-11-6-10-17-16(18)9-4-5-14-24(17)20(25)13-12-19-22-21(23-27-19)15-7-2-3-8-15/h6,10-11,15H,2-5,7-9,12-14H2,1H3. The van der Waals surface area contributed by atoms with Crippen molar-refractivity contribution in [2.24, 2.45) is 0 Å². The Morgan fingerprint density at radius 2 is 2.11 bits per heavy atom. The molecule has 0 saturated heterocycles. The Hall–Kier alpha value is -2.37. The third-order valence-corrected chi connectivity index (χ3v) is 5.74. The summed E-state index contributed by atoms with van der Waals surface area (Å²) >= 11 is 0. The average Bonchev–Trinajstić information content (AvgIpc) is 3.33. The Labute approximate surface area is 159 Å². The number of anilines is 1. The molecule has 0 radical (unpaired) electrons. The number of benzene rings is 1. The van der Waals surface area contributed by atoms with Gasteiger partial charge in [0.05, 0.1) is 12.8 Å². The molecule has 6 nitrogen and oxygen atoms in total. The number of carbonyl (C=O) groups excluding carboxylic acids is 1. The van der Waals surface area contributed by atoms with E-state index in [9.17, 15) is 4.79 Å². The van der Waals surface area contributed by atoms with Crippen molar-refractivity contribution >= 4 is 11.6 Å². The molecule has 1 fully saturated rings. The summed E-state index contributed by atoms with van der Waals surface area (Å²) in [6.07, 6.45) is 8.64. The highest BCUT2D eigenvalue weighted by molar-refractivity contribution is 5.94. The fourth-order valence-electron chi connectivity index (χ4n) is 4.27. The van der Waals surface area contributed by atoms with Gasteiger partial charge in [0.2, 0.25) is 11.8 Å². The molecule has 6 heteroatoms. The predicted molar refractivity (Wildman–Crippen MR) is 102 cm³/mol. The normalized spacial score (nSPS) is 17.6. The van der Waals surface area contributed by atoms with E-state index in [2.05, 4.69) is 10.1 Å². The van der Waals surface area contributed by atoms with E-state index in [4.69, 9.17) is 9.26 Å². The first-order chi connectivity index (χ1) is 13.3. The van der Waals surface area contributed by atoms with Crippen LogP contribution in [0.15, 0.2) is 22.7 Å². The summed E-state index contributed by atoms with van der Waals surface area (Å²) in [5, 5.41) is 4.13. The van der Waals surface area contributed by atoms with Crippen molar-refractivity contribution in [3.05, 3.63) is 35.5 Å².